The maximum Gasteiger partial charge on any atom is 0.341 e. The first-order valence-electron chi connectivity index (χ1n) is 6.61. The predicted molar refractivity (Wildman–Crippen MR) is 71.6 cm³/mol. The van der Waals surface area contributed by atoms with Crippen LogP contribution >= 0.6 is 0 Å². The summed E-state index contributed by atoms with van der Waals surface area (Å²) in [5.41, 5.74) is 0.503. The number of hydrogen-bond donors (Lipinski definition) is 0. The Labute approximate surface area is 113 Å². The van der Waals surface area contributed by atoms with Gasteiger partial charge in [-0.05, 0) is 26.3 Å². The predicted octanol–water partition coefficient (Wildman–Crippen LogP) is 1.16. The second-order valence-electron chi connectivity index (χ2n) is 4.65. The van der Waals surface area contributed by atoms with E-state index >= 15 is 0 Å². The van der Waals surface area contributed by atoms with Crippen LogP contribution in [0.1, 0.15) is 30.1 Å². The van der Waals surface area contributed by atoms with Gasteiger partial charge in [-0.15, -0.1) is 6.42 Å². The van der Waals surface area contributed by atoms with Gasteiger partial charge in [-0.3, -0.25) is 9.58 Å². The highest BCUT2D eigenvalue weighted by molar-refractivity contribution is 5.88. The first kappa shape index (κ1) is 13.6. The van der Waals surface area contributed by atoms with E-state index in [1.807, 2.05) is 6.92 Å². The van der Waals surface area contributed by atoms with Gasteiger partial charge >= 0.3 is 5.97 Å². The van der Waals surface area contributed by atoms with E-state index < -0.39 is 0 Å². The van der Waals surface area contributed by atoms with Gasteiger partial charge in [0.1, 0.15) is 6.61 Å². The molecule has 0 bridgehead atoms. The summed E-state index contributed by atoms with van der Waals surface area (Å²) in [4.78, 5) is 14.0. The van der Waals surface area contributed by atoms with E-state index in [1.165, 1.54) is 0 Å². The Kier molecular flexibility index (Phi) is 4.58. The zero-order valence-electron chi connectivity index (χ0n) is 11.2. The van der Waals surface area contributed by atoms with E-state index in [0.29, 0.717) is 18.7 Å². The standard InChI is InChI=1S/C14H19N3O2/c1-3-7-16-8-5-6-13(16)11-19-14(18)12-9-15-17(4-2)10-12/h1,9-10,13H,4-8,11H2,2H3/t13-/m0/s1. The molecule has 5 heteroatoms. The number of nitrogens with zero attached hydrogens (tertiary/aromatic N) is 3. The Morgan fingerprint density at radius 3 is 3.21 bits per heavy atom. The molecule has 0 aliphatic carbocycles. The molecule has 1 fully saturated rings. The lowest BCUT2D eigenvalue weighted by atomic mass is 10.2. The SMILES string of the molecule is C#CCN1CCC[C@H]1COC(=O)c1cnn(CC)c1. The molecule has 0 radical (unpaired) electrons. The minimum absolute atomic E-state index is 0.251. The molecule has 1 atom stereocenters. The van der Waals surface area contributed by atoms with Crippen LogP contribution in [0.3, 0.4) is 0 Å². The van der Waals surface area contributed by atoms with Crippen molar-refractivity contribution in [1.82, 2.24) is 14.7 Å². The molecule has 19 heavy (non-hydrogen) atoms. The van der Waals surface area contributed by atoms with Gasteiger partial charge in [0.05, 0.1) is 18.3 Å². The number of carbonyl (C=O) groups excluding carboxylic acids is 1. The molecule has 1 aliphatic heterocycles. The molecule has 1 aliphatic rings. The quantitative estimate of drug-likeness (QED) is 0.589. The molecule has 0 aromatic carbocycles. The molecule has 1 aromatic heterocycles. The van der Waals surface area contributed by atoms with Gasteiger partial charge in [-0.25, -0.2) is 4.79 Å². The lowest BCUT2D eigenvalue weighted by Crippen LogP contribution is -2.34. The number of aromatic nitrogens is 2. The molecule has 0 spiro atoms. The van der Waals surface area contributed by atoms with E-state index in [0.717, 1.165) is 25.9 Å². The third-order valence-corrected chi connectivity index (χ3v) is 3.39. The maximum atomic E-state index is 11.9. The van der Waals surface area contributed by atoms with Crippen LogP contribution in [0.2, 0.25) is 0 Å². The molecular weight excluding hydrogens is 242 g/mol. The number of terminal acetylenes is 1. The van der Waals surface area contributed by atoms with Crippen molar-refractivity contribution in [3.63, 3.8) is 0 Å². The van der Waals surface area contributed by atoms with E-state index in [1.54, 1.807) is 17.1 Å². The monoisotopic (exact) mass is 261 g/mol. The summed E-state index contributed by atoms with van der Waals surface area (Å²) >= 11 is 0. The van der Waals surface area contributed by atoms with Crippen LogP contribution in [0.15, 0.2) is 12.4 Å². The van der Waals surface area contributed by atoms with Gasteiger partial charge in [0, 0.05) is 18.8 Å². The number of likely N-dealkylation sites (tertiary alicyclic amines) is 1. The van der Waals surface area contributed by atoms with E-state index in [4.69, 9.17) is 11.2 Å². The van der Waals surface area contributed by atoms with Crippen molar-refractivity contribution < 1.29 is 9.53 Å². The highest BCUT2D eigenvalue weighted by Crippen LogP contribution is 2.17. The molecular formula is C14H19N3O2. The van der Waals surface area contributed by atoms with Gasteiger partial charge in [0.15, 0.2) is 0 Å². The van der Waals surface area contributed by atoms with Crippen molar-refractivity contribution in [1.29, 1.82) is 0 Å². The summed E-state index contributed by atoms with van der Waals surface area (Å²) in [5.74, 6) is 2.33. The van der Waals surface area contributed by atoms with Crippen LogP contribution in [0.5, 0.6) is 0 Å². The lowest BCUT2D eigenvalue weighted by molar-refractivity contribution is 0.0407. The summed E-state index contributed by atoms with van der Waals surface area (Å²) in [7, 11) is 0. The summed E-state index contributed by atoms with van der Waals surface area (Å²) in [6, 6.07) is 0.251. The minimum atomic E-state index is -0.313. The number of esters is 1. The van der Waals surface area contributed by atoms with Crippen LogP contribution in [0.25, 0.3) is 0 Å². The van der Waals surface area contributed by atoms with Crippen molar-refractivity contribution >= 4 is 5.97 Å². The number of ether oxygens (including phenoxy) is 1. The molecule has 2 heterocycles. The summed E-state index contributed by atoms with van der Waals surface area (Å²) in [6.45, 7) is 4.72. The second kappa shape index (κ2) is 6.39. The Balaban J connectivity index is 1.84. The van der Waals surface area contributed by atoms with Gasteiger partial charge in [-0.1, -0.05) is 5.92 Å². The average Bonchev–Trinajstić information content (AvgIpc) is 3.05. The molecule has 0 amide bonds. The summed E-state index contributed by atoms with van der Waals surface area (Å²) in [5, 5.41) is 4.06. The number of aryl methyl sites for hydroxylation is 1. The Hall–Kier alpha value is -1.80. The molecule has 0 saturated carbocycles. The van der Waals surface area contributed by atoms with Crippen LogP contribution in [-0.4, -0.2) is 46.4 Å². The fourth-order valence-corrected chi connectivity index (χ4v) is 2.31. The second-order valence-corrected chi connectivity index (χ2v) is 4.65. The maximum absolute atomic E-state index is 11.9. The van der Waals surface area contributed by atoms with E-state index in [9.17, 15) is 4.79 Å². The van der Waals surface area contributed by atoms with Crippen LogP contribution in [-0.2, 0) is 11.3 Å². The molecule has 0 unspecified atom stereocenters. The smallest absolute Gasteiger partial charge is 0.341 e. The topological polar surface area (TPSA) is 47.4 Å². The van der Waals surface area contributed by atoms with Crippen LogP contribution in [0.4, 0.5) is 0 Å². The Morgan fingerprint density at radius 1 is 1.68 bits per heavy atom. The number of rotatable bonds is 5. The molecule has 2 rings (SSSR count). The normalized spacial score (nSPS) is 19.3. The fraction of sp³-hybridized carbons (Fsp3) is 0.571. The third-order valence-electron chi connectivity index (χ3n) is 3.39. The van der Waals surface area contributed by atoms with Gasteiger partial charge in [0.2, 0.25) is 0 Å². The minimum Gasteiger partial charge on any atom is -0.460 e. The van der Waals surface area contributed by atoms with Crippen molar-refractivity contribution in [3.8, 4) is 12.3 Å². The van der Waals surface area contributed by atoms with Gasteiger partial charge in [-0.2, -0.15) is 5.10 Å². The zero-order chi connectivity index (χ0) is 13.7. The number of hydrogen-bond acceptors (Lipinski definition) is 4. The molecule has 0 N–H and O–H groups in total. The zero-order valence-corrected chi connectivity index (χ0v) is 11.2. The van der Waals surface area contributed by atoms with Crippen molar-refractivity contribution in [3.05, 3.63) is 18.0 Å². The largest absolute Gasteiger partial charge is 0.460 e. The molecule has 5 nitrogen and oxygen atoms in total. The molecule has 1 aromatic rings. The first-order chi connectivity index (χ1) is 9.24. The Bertz CT molecular complexity index is 475. The van der Waals surface area contributed by atoms with Crippen LogP contribution < -0.4 is 0 Å². The Morgan fingerprint density at radius 2 is 2.53 bits per heavy atom. The third kappa shape index (κ3) is 3.36. The average molecular weight is 261 g/mol. The van der Waals surface area contributed by atoms with Crippen molar-refractivity contribution in [2.45, 2.75) is 32.4 Å². The summed E-state index contributed by atoms with van der Waals surface area (Å²) in [6.07, 6.45) is 10.7. The highest BCUT2D eigenvalue weighted by Gasteiger charge is 2.25. The molecule has 102 valence electrons. The molecule has 1 saturated heterocycles. The first-order valence-corrected chi connectivity index (χ1v) is 6.61. The highest BCUT2D eigenvalue weighted by atomic mass is 16.5. The van der Waals surface area contributed by atoms with E-state index in [2.05, 4.69) is 15.9 Å². The fourth-order valence-electron chi connectivity index (χ4n) is 2.31. The summed E-state index contributed by atoms with van der Waals surface area (Å²) < 4.78 is 7.05. The lowest BCUT2D eigenvalue weighted by Gasteiger charge is -2.21. The van der Waals surface area contributed by atoms with Gasteiger partial charge < -0.3 is 4.74 Å². The van der Waals surface area contributed by atoms with Crippen molar-refractivity contribution in [2.24, 2.45) is 0 Å². The van der Waals surface area contributed by atoms with Crippen LogP contribution in [0, 0.1) is 12.3 Å². The van der Waals surface area contributed by atoms with Gasteiger partial charge in [0.25, 0.3) is 0 Å². The number of carbonyl (C=O) groups is 1. The van der Waals surface area contributed by atoms with E-state index in [-0.39, 0.29) is 12.0 Å². The van der Waals surface area contributed by atoms with Crippen molar-refractivity contribution in [2.75, 3.05) is 19.7 Å².